The maximum absolute atomic E-state index is 12.9. The Morgan fingerprint density at radius 1 is 1.29 bits per heavy atom. The number of H-pyrrole nitrogens is 1. The lowest BCUT2D eigenvalue weighted by Gasteiger charge is -2.16. The molecule has 7 heteroatoms. The van der Waals surface area contributed by atoms with Crippen LogP contribution in [-0.4, -0.2) is 25.7 Å². The molecule has 2 heterocycles. The molecular formula is C21H23N5O2. The van der Waals surface area contributed by atoms with Gasteiger partial charge in [0, 0.05) is 11.6 Å². The number of benzene rings is 1. The van der Waals surface area contributed by atoms with E-state index in [0.29, 0.717) is 18.2 Å². The molecule has 1 amide bonds. The number of anilines is 1. The van der Waals surface area contributed by atoms with Crippen LogP contribution >= 0.6 is 0 Å². The van der Waals surface area contributed by atoms with Gasteiger partial charge in [-0.1, -0.05) is 37.3 Å². The van der Waals surface area contributed by atoms with Crippen LogP contribution in [-0.2, 0) is 17.6 Å². The first-order chi connectivity index (χ1) is 13.6. The van der Waals surface area contributed by atoms with Crippen molar-refractivity contribution in [2.45, 2.75) is 45.4 Å². The highest BCUT2D eigenvalue weighted by atomic mass is 16.2. The first-order valence-corrected chi connectivity index (χ1v) is 9.61. The largest absolute Gasteiger partial charge is 0.310 e. The highest BCUT2D eigenvalue weighted by Crippen LogP contribution is 2.23. The van der Waals surface area contributed by atoms with Gasteiger partial charge in [-0.05, 0) is 38.2 Å². The van der Waals surface area contributed by atoms with Gasteiger partial charge in [-0.2, -0.15) is 9.78 Å². The summed E-state index contributed by atoms with van der Waals surface area (Å²) in [7, 11) is 0. The number of aryl methyl sites for hydroxylation is 2. The Hall–Kier alpha value is -3.22. The van der Waals surface area contributed by atoms with Gasteiger partial charge in [0.05, 0.1) is 17.3 Å². The Balaban J connectivity index is 1.66. The average Bonchev–Trinajstić information content (AvgIpc) is 3.30. The lowest BCUT2D eigenvalue weighted by atomic mass is 9.96. The summed E-state index contributed by atoms with van der Waals surface area (Å²) in [6.45, 7) is 3.82. The number of aromatic amines is 1. The van der Waals surface area contributed by atoms with E-state index < -0.39 is 0 Å². The minimum absolute atomic E-state index is 0.113. The third-order valence-electron chi connectivity index (χ3n) is 5.14. The Kier molecular flexibility index (Phi) is 4.81. The molecule has 4 rings (SSSR count). The highest BCUT2D eigenvalue weighted by Gasteiger charge is 2.23. The number of amides is 1. The van der Waals surface area contributed by atoms with E-state index in [0.717, 1.165) is 41.8 Å². The van der Waals surface area contributed by atoms with Gasteiger partial charge in [-0.25, -0.2) is 4.98 Å². The molecule has 0 aliphatic heterocycles. The fraction of sp³-hybridized carbons (Fsp3) is 0.333. The average molecular weight is 377 g/mol. The predicted molar refractivity (Wildman–Crippen MR) is 107 cm³/mol. The zero-order valence-electron chi connectivity index (χ0n) is 16.0. The van der Waals surface area contributed by atoms with Crippen LogP contribution in [0.5, 0.6) is 0 Å². The third kappa shape index (κ3) is 3.35. The van der Waals surface area contributed by atoms with Crippen molar-refractivity contribution in [1.82, 2.24) is 19.7 Å². The fourth-order valence-corrected chi connectivity index (χ4v) is 3.75. The van der Waals surface area contributed by atoms with Crippen molar-refractivity contribution in [2.24, 2.45) is 0 Å². The van der Waals surface area contributed by atoms with E-state index in [4.69, 9.17) is 0 Å². The molecule has 1 aromatic carbocycles. The summed E-state index contributed by atoms with van der Waals surface area (Å²) in [5, 5.41) is 7.39. The Bertz CT molecular complexity index is 1070. The monoisotopic (exact) mass is 377 g/mol. The highest BCUT2D eigenvalue weighted by molar-refractivity contribution is 5.95. The first-order valence-electron chi connectivity index (χ1n) is 9.61. The maximum atomic E-state index is 12.9. The molecule has 0 radical (unpaired) electrons. The van der Waals surface area contributed by atoms with Gasteiger partial charge in [-0.15, -0.1) is 0 Å². The molecule has 0 saturated heterocycles. The Labute approximate surface area is 162 Å². The molecule has 0 fully saturated rings. The van der Waals surface area contributed by atoms with Gasteiger partial charge in [0.25, 0.3) is 5.56 Å². The molecule has 144 valence electrons. The van der Waals surface area contributed by atoms with Crippen LogP contribution in [0.2, 0.25) is 0 Å². The molecule has 2 N–H and O–H groups in total. The predicted octanol–water partition coefficient (Wildman–Crippen LogP) is 2.89. The van der Waals surface area contributed by atoms with Crippen LogP contribution in [0, 0.1) is 6.92 Å². The van der Waals surface area contributed by atoms with Crippen molar-refractivity contribution in [3.63, 3.8) is 0 Å². The number of carbonyl (C=O) groups excluding carboxylic acids is 1. The van der Waals surface area contributed by atoms with Crippen LogP contribution in [0.15, 0.2) is 41.2 Å². The number of hydrogen-bond donors (Lipinski definition) is 2. The lowest BCUT2D eigenvalue weighted by molar-refractivity contribution is -0.117. The summed E-state index contributed by atoms with van der Waals surface area (Å²) in [6.07, 6.45) is 3.16. The van der Waals surface area contributed by atoms with E-state index in [1.165, 1.54) is 4.68 Å². The van der Waals surface area contributed by atoms with Crippen molar-refractivity contribution in [3.05, 3.63) is 69.3 Å². The quantitative estimate of drug-likeness (QED) is 0.715. The van der Waals surface area contributed by atoms with E-state index in [1.54, 1.807) is 6.07 Å². The number of hydrogen-bond acceptors (Lipinski definition) is 4. The Morgan fingerprint density at radius 3 is 2.82 bits per heavy atom. The smallest absolute Gasteiger partial charge is 0.255 e. The normalized spacial score (nSPS) is 13.9. The summed E-state index contributed by atoms with van der Waals surface area (Å²) in [5.41, 5.74) is 3.15. The molecule has 1 aliphatic rings. The van der Waals surface area contributed by atoms with Crippen LogP contribution in [0.4, 0.5) is 5.82 Å². The summed E-state index contributed by atoms with van der Waals surface area (Å²) < 4.78 is 1.50. The number of nitrogens with one attached hydrogen (secondary N) is 2. The van der Waals surface area contributed by atoms with Gasteiger partial charge in [0.1, 0.15) is 5.82 Å². The first kappa shape index (κ1) is 18.2. The minimum atomic E-state index is -0.267. The van der Waals surface area contributed by atoms with E-state index in [-0.39, 0.29) is 17.4 Å². The fourth-order valence-electron chi connectivity index (χ4n) is 3.75. The number of aromatic nitrogens is 4. The van der Waals surface area contributed by atoms with Crippen LogP contribution < -0.4 is 10.9 Å². The standard InChI is InChI=1S/C21H23N5O2/c1-3-15(14-8-5-4-6-9-14)19(27)23-18-12-13(2)25-26(18)21-22-17-11-7-10-16(17)20(28)24-21/h4-6,8-9,12,15H,3,7,10-11H2,1-2H3,(H,23,27)(H,22,24,28)/t15-/m0/s1. The number of rotatable bonds is 5. The van der Waals surface area contributed by atoms with Gasteiger partial charge in [0.15, 0.2) is 0 Å². The maximum Gasteiger partial charge on any atom is 0.255 e. The van der Waals surface area contributed by atoms with Crippen LogP contribution in [0.1, 0.15) is 48.2 Å². The number of nitrogens with zero attached hydrogens (tertiary/aromatic N) is 3. The minimum Gasteiger partial charge on any atom is -0.310 e. The molecule has 0 saturated carbocycles. The second kappa shape index (κ2) is 7.42. The van der Waals surface area contributed by atoms with E-state index in [2.05, 4.69) is 20.4 Å². The van der Waals surface area contributed by atoms with Crippen molar-refractivity contribution < 1.29 is 4.79 Å². The van der Waals surface area contributed by atoms with Crippen molar-refractivity contribution in [2.75, 3.05) is 5.32 Å². The van der Waals surface area contributed by atoms with Crippen LogP contribution in [0.3, 0.4) is 0 Å². The number of carbonyl (C=O) groups is 1. The zero-order chi connectivity index (χ0) is 19.7. The second-order valence-electron chi connectivity index (χ2n) is 7.11. The van der Waals surface area contributed by atoms with Crippen molar-refractivity contribution in [3.8, 4) is 5.95 Å². The molecule has 1 atom stereocenters. The molecule has 7 nitrogen and oxygen atoms in total. The summed E-state index contributed by atoms with van der Waals surface area (Å²) in [6, 6.07) is 11.5. The summed E-state index contributed by atoms with van der Waals surface area (Å²) in [5.74, 6) is 0.454. The van der Waals surface area contributed by atoms with E-state index in [1.807, 2.05) is 44.2 Å². The lowest BCUT2D eigenvalue weighted by Crippen LogP contribution is -2.24. The van der Waals surface area contributed by atoms with Crippen molar-refractivity contribution in [1.29, 1.82) is 0 Å². The van der Waals surface area contributed by atoms with Crippen molar-refractivity contribution >= 4 is 11.7 Å². The van der Waals surface area contributed by atoms with Gasteiger partial charge in [-0.3, -0.25) is 14.6 Å². The summed E-state index contributed by atoms with van der Waals surface area (Å²) in [4.78, 5) is 32.7. The second-order valence-corrected chi connectivity index (χ2v) is 7.11. The van der Waals surface area contributed by atoms with Gasteiger partial charge >= 0.3 is 0 Å². The molecule has 3 aromatic rings. The van der Waals surface area contributed by atoms with E-state index in [9.17, 15) is 9.59 Å². The van der Waals surface area contributed by atoms with Gasteiger partial charge < -0.3 is 5.32 Å². The number of fused-ring (bicyclic) bond motifs is 1. The molecule has 2 aromatic heterocycles. The molecule has 28 heavy (non-hydrogen) atoms. The molecule has 0 spiro atoms. The SMILES string of the molecule is CC[C@H](C(=O)Nc1cc(C)nn1-c1nc2c(c(=O)[nH]1)CCC2)c1ccccc1. The molecule has 1 aliphatic carbocycles. The molecule has 0 bridgehead atoms. The molecule has 0 unspecified atom stereocenters. The van der Waals surface area contributed by atoms with E-state index >= 15 is 0 Å². The Morgan fingerprint density at radius 2 is 2.07 bits per heavy atom. The topological polar surface area (TPSA) is 92.7 Å². The zero-order valence-corrected chi connectivity index (χ0v) is 16.0. The third-order valence-corrected chi connectivity index (χ3v) is 5.14. The summed E-state index contributed by atoms with van der Waals surface area (Å²) >= 11 is 0. The van der Waals surface area contributed by atoms with Crippen LogP contribution in [0.25, 0.3) is 5.95 Å². The van der Waals surface area contributed by atoms with Gasteiger partial charge in [0.2, 0.25) is 11.9 Å². The molecular weight excluding hydrogens is 354 g/mol.